The van der Waals surface area contributed by atoms with E-state index < -0.39 is 0 Å². The first-order chi connectivity index (χ1) is 9.16. The van der Waals surface area contributed by atoms with Crippen LogP contribution in [0.1, 0.15) is 13.3 Å². The van der Waals surface area contributed by atoms with Gasteiger partial charge in [-0.2, -0.15) is 0 Å². The van der Waals surface area contributed by atoms with Gasteiger partial charge in [0, 0.05) is 27.1 Å². The fraction of sp³-hybridized carbons (Fsp3) is 0.357. The third-order valence-electron chi connectivity index (χ3n) is 3.41. The SMILES string of the molecule is CC(=O)N1CCCN(C)c2nc3ccccc3nc21. The second kappa shape index (κ2) is 4.50. The largest absolute Gasteiger partial charge is 0.357 e. The molecule has 0 N–H and O–H groups in total. The maximum atomic E-state index is 11.8. The zero-order valence-electron chi connectivity index (χ0n) is 11.1. The van der Waals surface area contributed by atoms with Crippen LogP contribution in [-0.4, -0.2) is 36.0 Å². The van der Waals surface area contributed by atoms with Gasteiger partial charge in [0.2, 0.25) is 5.91 Å². The van der Waals surface area contributed by atoms with E-state index >= 15 is 0 Å². The van der Waals surface area contributed by atoms with Gasteiger partial charge in [-0.1, -0.05) is 12.1 Å². The fourth-order valence-electron chi connectivity index (χ4n) is 2.40. The standard InChI is InChI=1S/C14H16N4O/c1-10(19)18-9-5-8-17(2)13-14(18)16-12-7-4-3-6-11(12)15-13/h3-4,6-7H,5,8-9H2,1-2H3. The Hall–Kier alpha value is -2.17. The molecule has 0 saturated heterocycles. The molecule has 5 nitrogen and oxygen atoms in total. The first-order valence-electron chi connectivity index (χ1n) is 6.43. The summed E-state index contributed by atoms with van der Waals surface area (Å²) in [5.74, 6) is 1.47. The number of fused-ring (bicyclic) bond motifs is 2. The summed E-state index contributed by atoms with van der Waals surface area (Å²) < 4.78 is 0. The molecule has 0 radical (unpaired) electrons. The Morgan fingerprint density at radius 3 is 2.37 bits per heavy atom. The van der Waals surface area contributed by atoms with Crippen LogP contribution >= 0.6 is 0 Å². The molecule has 5 heteroatoms. The maximum Gasteiger partial charge on any atom is 0.225 e. The van der Waals surface area contributed by atoms with E-state index in [1.807, 2.05) is 31.3 Å². The van der Waals surface area contributed by atoms with Gasteiger partial charge >= 0.3 is 0 Å². The van der Waals surface area contributed by atoms with Crippen LogP contribution in [0.5, 0.6) is 0 Å². The number of carbonyl (C=O) groups excluding carboxylic acids is 1. The van der Waals surface area contributed by atoms with Crippen LogP contribution in [0.2, 0.25) is 0 Å². The molecule has 2 aromatic rings. The minimum Gasteiger partial charge on any atom is -0.357 e. The third kappa shape index (κ3) is 2.01. The van der Waals surface area contributed by atoms with Crippen molar-refractivity contribution < 1.29 is 4.79 Å². The highest BCUT2D eigenvalue weighted by Gasteiger charge is 2.24. The Morgan fingerprint density at radius 1 is 1.11 bits per heavy atom. The smallest absolute Gasteiger partial charge is 0.225 e. The molecule has 0 atom stereocenters. The minimum atomic E-state index is 0.0149. The molecule has 0 spiro atoms. The van der Waals surface area contributed by atoms with Gasteiger partial charge in [0.05, 0.1) is 11.0 Å². The van der Waals surface area contributed by atoms with Crippen LogP contribution in [-0.2, 0) is 4.79 Å². The highest BCUT2D eigenvalue weighted by atomic mass is 16.2. The van der Waals surface area contributed by atoms with Crippen LogP contribution in [0, 0.1) is 0 Å². The molecule has 0 fully saturated rings. The van der Waals surface area contributed by atoms with E-state index in [1.54, 1.807) is 11.8 Å². The molecule has 2 heterocycles. The first-order valence-corrected chi connectivity index (χ1v) is 6.43. The number of rotatable bonds is 0. The van der Waals surface area contributed by atoms with Crippen molar-refractivity contribution in [2.45, 2.75) is 13.3 Å². The van der Waals surface area contributed by atoms with Crippen molar-refractivity contribution in [3.63, 3.8) is 0 Å². The lowest BCUT2D eigenvalue weighted by molar-refractivity contribution is -0.116. The van der Waals surface area contributed by atoms with Crippen LogP contribution in [0.25, 0.3) is 11.0 Å². The van der Waals surface area contributed by atoms with Crippen molar-refractivity contribution in [3.8, 4) is 0 Å². The highest BCUT2D eigenvalue weighted by molar-refractivity contribution is 5.95. The lowest BCUT2D eigenvalue weighted by Gasteiger charge is -2.21. The third-order valence-corrected chi connectivity index (χ3v) is 3.41. The van der Waals surface area contributed by atoms with Crippen molar-refractivity contribution >= 4 is 28.6 Å². The van der Waals surface area contributed by atoms with Crippen molar-refractivity contribution in [2.75, 3.05) is 29.9 Å². The quantitative estimate of drug-likeness (QED) is 0.721. The summed E-state index contributed by atoms with van der Waals surface area (Å²) >= 11 is 0. The van der Waals surface area contributed by atoms with Gasteiger partial charge in [0.25, 0.3) is 0 Å². The number of amides is 1. The van der Waals surface area contributed by atoms with E-state index in [-0.39, 0.29) is 5.91 Å². The predicted octanol–water partition coefficient (Wildman–Crippen LogP) is 1.82. The fourth-order valence-corrected chi connectivity index (χ4v) is 2.40. The van der Waals surface area contributed by atoms with Crippen LogP contribution in [0.15, 0.2) is 24.3 Å². The number of para-hydroxylation sites is 2. The number of nitrogens with zero attached hydrogens (tertiary/aromatic N) is 4. The predicted molar refractivity (Wildman–Crippen MR) is 75.5 cm³/mol. The van der Waals surface area contributed by atoms with Crippen molar-refractivity contribution in [2.24, 2.45) is 0 Å². The zero-order valence-corrected chi connectivity index (χ0v) is 11.1. The summed E-state index contributed by atoms with van der Waals surface area (Å²) in [6, 6.07) is 7.75. The van der Waals surface area contributed by atoms with E-state index in [1.165, 1.54) is 0 Å². The van der Waals surface area contributed by atoms with Gasteiger partial charge in [0.15, 0.2) is 11.6 Å². The number of hydrogen-bond donors (Lipinski definition) is 0. The van der Waals surface area contributed by atoms with E-state index in [0.717, 1.165) is 29.8 Å². The molecule has 1 aliphatic heterocycles. The summed E-state index contributed by atoms with van der Waals surface area (Å²) in [5, 5.41) is 0. The molecule has 1 aromatic carbocycles. The molecule has 1 aromatic heterocycles. The molecule has 0 bridgehead atoms. The molecule has 1 aliphatic rings. The van der Waals surface area contributed by atoms with E-state index in [2.05, 4.69) is 14.9 Å². The minimum absolute atomic E-state index is 0.0149. The average Bonchev–Trinajstić information content (AvgIpc) is 2.56. The van der Waals surface area contributed by atoms with Crippen LogP contribution < -0.4 is 9.80 Å². The molecule has 98 valence electrons. The number of hydrogen-bond acceptors (Lipinski definition) is 4. The van der Waals surface area contributed by atoms with E-state index in [0.29, 0.717) is 12.4 Å². The van der Waals surface area contributed by atoms with Gasteiger partial charge in [0.1, 0.15) is 0 Å². The van der Waals surface area contributed by atoms with Gasteiger partial charge < -0.3 is 4.90 Å². The van der Waals surface area contributed by atoms with E-state index in [9.17, 15) is 4.79 Å². The molecular formula is C14H16N4O. The van der Waals surface area contributed by atoms with Crippen molar-refractivity contribution in [3.05, 3.63) is 24.3 Å². The Morgan fingerprint density at radius 2 is 1.74 bits per heavy atom. The zero-order chi connectivity index (χ0) is 13.4. The molecule has 0 unspecified atom stereocenters. The Bertz CT molecular complexity index is 640. The van der Waals surface area contributed by atoms with Gasteiger partial charge in [-0.25, -0.2) is 9.97 Å². The molecule has 0 aliphatic carbocycles. The second-order valence-electron chi connectivity index (χ2n) is 4.81. The molecule has 19 heavy (non-hydrogen) atoms. The number of anilines is 2. The maximum absolute atomic E-state index is 11.8. The first kappa shape index (κ1) is 11.9. The monoisotopic (exact) mass is 256 g/mol. The van der Waals surface area contributed by atoms with Gasteiger partial charge in [-0.15, -0.1) is 0 Å². The Kier molecular flexibility index (Phi) is 2.81. The normalized spacial score (nSPS) is 15.3. The summed E-state index contributed by atoms with van der Waals surface area (Å²) in [5.41, 5.74) is 1.68. The topological polar surface area (TPSA) is 49.3 Å². The Balaban J connectivity index is 2.25. The van der Waals surface area contributed by atoms with Crippen LogP contribution in [0.3, 0.4) is 0 Å². The van der Waals surface area contributed by atoms with Crippen molar-refractivity contribution in [1.82, 2.24) is 9.97 Å². The highest BCUT2D eigenvalue weighted by Crippen LogP contribution is 2.29. The summed E-state index contributed by atoms with van der Waals surface area (Å²) in [7, 11) is 1.99. The average molecular weight is 256 g/mol. The summed E-state index contributed by atoms with van der Waals surface area (Å²) in [4.78, 5) is 24.9. The number of carbonyl (C=O) groups is 1. The Labute approximate surface area is 111 Å². The summed E-state index contributed by atoms with van der Waals surface area (Å²) in [6.07, 6.45) is 0.921. The molecule has 1 amide bonds. The molecule has 0 saturated carbocycles. The van der Waals surface area contributed by atoms with Gasteiger partial charge in [-0.3, -0.25) is 9.69 Å². The van der Waals surface area contributed by atoms with E-state index in [4.69, 9.17) is 0 Å². The lowest BCUT2D eigenvalue weighted by Crippen LogP contribution is -2.30. The number of aromatic nitrogens is 2. The molecular weight excluding hydrogens is 240 g/mol. The molecule has 3 rings (SSSR count). The van der Waals surface area contributed by atoms with Crippen molar-refractivity contribution in [1.29, 1.82) is 0 Å². The van der Waals surface area contributed by atoms with Gasteiger partial charge in [-0.05, 0) is 18.6 Å². The number of benzene rings is 1. The lowest BCUT2D eigenvalue weighted by atomic mass is 10.3. The second-order valence-corrected chi connectivity index (χ2v) is 4.81. The van der Waals surface area contributed by atoms with Crippen LogP contribution in [0.4, 0.5) is 11.6 Å². The summed E-state index contributed by atoms with van der Waals surface area (Å²) in [6.45, 7) is 3.15.